The Hall–Kier alpha value is -4.85. The van der Waals surface area contributed by atoms with Crippen LogP contribution in [-0.4, -0.2) is 66.1 Å². The first-order valence-corrected chi connectivity index (χ1v) is 11.6. The molecule has 4 aromatic heterocycles. The number of aromatic nitrogens is 5. The first-order chi connectivity index (χ1) is 18.3. The van der Waals surface area contributed by atoms with Gasteiger partial charge in [0.05, 0.1) is 12.3 Å². The molecule has 1 aliphatic carbocycles. The van der Waals surface area contributed by atoms with Crippen LogP contribution in [0.2, 0.25) is 0 Å². The minimum Gasteiger partial charge on any atom is -0.503 e. The number of hydrogen-bond acceptors (Lipinski definition) is 11. The van der Waals surface area contributed by atoms with Gasteiger partial charge in [0, 0.05) is 32.0 Å². The van der Waals surface area contributed by atoms with Crippen LogP contribution in [0.3, 0.4) is 0 Å². The van der Waals surface area contributed by atoms with Crippen LogP contribution in [0.25, 0.3) is 11.5 Å². The second-order valence-electron chi connectivity index (χ2n) is 8.11. The summed E-state index contributed by atoms with van der Waals surface area (Å²) >= 11 is 0. The van der Waals surface area contributed by atoms with Crippen molar-refractivity contribution in [3.63, 3.8) is 0 Å². The minimum atomic E-state index is -1.02. The van der Waals surface area contributed by atoms with E-state index in [1.165, 1.54) is 31.5 Å². The zero-order valence-electron chi connectivity index (χ0n) is 21.1. The second-order valence-corrected chi connectivity index (χ2v) is 8.11. The predicted molar refractivity (Wildman–Crippen MR) is 140 cm³/mol. The number of carbonyl (C=O) groups is 1. The number of nitrogens with two attached hydrogens (primary N) is 1. The van der Waals surface area contributed by atoms with E-state index in [0.29, 0.717) is 17.6 Å². The van der Waals surface area contributed by atoms with E-state index in [0.717, 1.165) is 10.1 Å². The largest absolute Gasteiger partial charge is 0.503 e. The molecule has 38 heavy (non-hydrogen) atoms. The molecule has 4 aromatic rings. The predicted octanol–water partition coefficient (Wildman–Crippen LogP) is 1.77. The number of hydrogen-bond donors (Lipinski definition) is 6. The fraction of sp³-hybridized carbons (Fsp3) is 0.292. The maximum absolute atomic E-state index is 12.4. The molecule has 1 aliphatic rings. The fourth-order valence-corrected chi connectivity index (χ4v) is 3.50. The number of nitrogens with one attached hydrogen (secondary N) is 2. The molecule has 1 amide bonds. The fourth-order valence-electron chi connectivity index (χ4n) is 3.50. The van der Waals surface area contributed by atoms with Crippen LogP contribution in [0, 0.1) is 6.92 Å². The van der Waals surface area contributed by atoms with Crippen molar-refractivity contribution in [2.45, 2.75) is 32.3 Å². The van der Waals surface area contributed by atoms with Gasteiger partial charge in [0.25, 0.3) is 0 Å². The Bertz CT molecular complexity index is 1450. The highest BCUT2D eigenvalue weighted by atomic mass is 16.5. The van der Waals surface area contributed by atoms with E-state index >= 15 is 0 Å². The number of primary amides is 1. The molecule has 0 saturated heterocycles. The molecule has 0 radical (unpaired) electrons. The number of ether oxygens (including phenoxy) is 1. The molecule has 1 fully saturated rings. The summed E-state index contributed by atoms with van der Waals surface area (Å²) in [5.41, 5.74) is 4.19. The van der Waals surface area contributed by atoms with E-state index in [2.05, 4.69) is 31.4 Å². The van der Waals surface area contributed by atoms with Gasteiger partial charge in [-0.1, -0.05) is 6.07 Å². The first-order valence-electron chi connectivity index (χ1n) is 11.6. The smallest absolute Gasteiger partial charge is 0.305 e. The van der Waals surface area contributed by atoms with Crippen molar-refractivity contribution < 1.29 is 24.9 Å². The van der Waals surface area contributed by atoms with E-state index in [1.807, 2.05) is 6.92 Å². The van der Waals surface area contributed by atoms with E-state index < -0.39 is 22.9 Å². The van der Waals surface area contributed by atoms with Crippen LogP contribution in [0.1, 0.15) is 24.8 Å². The van der Waals surface area contributed by atoms with Gasteiger partial charge in [-0.3, -0.25) is 9.59 Å². The standard InChI is InChI=1S/C18H17N7O4.C5H10O.CH3NO/c1-9-8-21-25-12(19-2)7-10(23-16(9)25)22-13-14(26)15(27)18(29)24(17(13)28)11-5-3-4-6-20-11;1-6-5-3-2-4-5;2-1-3/h3-8,19,26-28H,1-2H3,(H,22,23);5H,2-4H2,1H3;1H,(H2,2,3). The summed E-state index contributed by atoms with van der Waals surface area (Å²) in [6, 6.07) is 6.31. The molecule has 0 aromatic carbocycles. The van der Waals surface area contributed by atoms with Gasteiger partial charge < -0.3 is 36.4 Å². The first kappa shape index (κ1) is 27.7. The molecule has 5 rings (SSSR count). The van der Waals surface area contributed by atoms with Gasteiger partial charge in [-0.05, 0) is 38.3 Å². The lowest BCUT2D eigenvalue weighted by molar-refractivity contribution is -0.106. The maximum Gasteiger partial charge on any atom is 0.305 e. The Morgan fingerprint density at radius 1 is 1.21 bits per heavy atom. The SMILES string of the molecule is CNc1cc(Nc2c(O)c(O)c(=O)n(-c3ccccn3)c2O)nc2c(C)cnn12.COC1CCC1.NC=O. The molecule has 202 valence electrons. The average molecular weight is 527 g/mol. The van der Waals surface area contributed by atoms with Gasteiger partial charge in [-0.15, -0.1) is 0 Å². The Balaban J connectivity index is 0.000000380. The summed E-state index contributed by atoms with van der Waals surface area (Å²) in [6.07, 6.45) is 7.89. The van der Waals surface area contributed by atoms with Gasteiger partial charge in [0.2, 0.25) is 18.0 Å². The number of amides is 1. The Morgan fingerprint density at radius 3 is 2.45 bits per heavy atom. The molecule has 14 heteroatoms. The van der Waals surface area contributed by atoms with Crippen LogP contribution in [0.5, 0.6) is 17.4 Å². The van der Waals surface area contributed by atoms with E-state index in [-0.39, 0.29) is 23.7 Å². The summed E-state index contributed by atoms with van der Waals surface area (Å²) in [5, 5.41) is 41.0. The van der Waals surface area contributed by atoms with Crippen LogP contribution in [-0.2, 0) is 9.53 Å². The average Bonchev–Trinajstić information content (AvgIpc) is 3.26. The van der Waals surface area contributed by atoms with E-state index in [1.54, 1.807) is 43.1 Å². The number of pyridine rings is 2. The van der Waals surface area contributed by atoms with Crippen molar-refractivity contribution in [3.05, 3.63) is 52.6 Å². The van der Waals surface area contributed by atoms with Crippen LogP contribution in [0.15, 0.2) is 41.5 Å². The molecule has 0 spiro atoms. The molecule has 0 bridgehead atoms. The second kappa shape index (κ2) is 12.4. The van der Waals surface area contributed by atoms with Crippen LogP contribution >= 0.6 is 0 Å². The number of methoxy groups -OCH3 is 1. The van der Waals surface area contributed by atoms with Crippen molar-refractivity contribution in [2.75, 3.05) is 24.8 Å². The summed E-state index contributed by atoms with van der Waals surface area (Å²) in [6.45, 7) is 1.83. The molecular weight excluding hydrogens is 496 g/mol. The van der Waals surface area contributed by atoms with Crippen LogP contribution in [0.4, 0.5) is 17.3 Å². The van der Waals surface area contributed by atoms with Crippen molar-refractivity contribution >= 4 is 29.4 Å². The highest BCUT2D eigenvalue weighted by Gasteiger charge is 2.23. The number of anilines is 3. The van der Waals surface area contributed by atoms with Gasteiger partial charge in [-0.2, -0.15) is 9.61 Å². The lowest BCUT2D eigenvalue weighted by atomic mass is 9.96. The maximum atomic E-state index is 12.4. The number of fused-ring (bicyclic) bond motifs is 1. The highest BCUT2D eigenvalue weighted by molar-refractivity contribution is 5.75. The van der Waals surface area contributed by atoms with Gasteiger partial charge in [0.15, 0.2) is 11.4 Å². The zero-order chi connectivity index (χ0) is 27.8. The quantitative estimate of drug-likeness (QED) is 0.207. The van der Waals surface area contributed by atoms with E-state index in [9.17, 15) is 20.1 Å². The minimum absolute atomic E-state index is 0.0688. The number of aryl methyl sites for hydroxylation is 1. The summed E-state index contributed by atoms with van der Waals surface area (Å²) in [5.74, 6) is -1.49. The molecular formula is C24H30N8O6. The zero-order valence-corrected chi connectivity index (χ0v) is 21.1. The van der Waals surface area contributed by atoms with Crippen molar-refractivity contribution in [1.82, 2.24) is 24.1 Å². The molecule has 7 N–H and O–H groups in total. The summed E-state index contributed by atoms with van der Waals surface area (Å²) < 4.78 is 7.35. The number of carbonyl (C=O) groups excluding carboxylic acids is 1. The Labute approximate surface area is 217 Å². The van der Waals surface area contributed by atoms with Gasteiger partial charge >= 0.3 is 5.56 Å². The van der Waals surface area contributed by atoms with E-state index in [4.69, 9.17) is 9.53 Å². The topological polar surface area (TPSA) is 202 Å². The lowest BCUT2D eigenvalue weighted by Gasteiger charge is -2.22. The van der Waals surface area contributed by atoms with Gasteiger partial charge in [-0.25, -0.2) is 14.5 Å². The molecule has 14 nitrogen and oxygen atoms in total. The third kappa shape index (κ3) is 5.75. The van der Waals surface area contributed by atoms with Gasteiger partial charge in [0.1, 0.15) is 23.1 Å². The third-order valence-electron chi connectivity index (χ3n) is 5.72. The molecule has 0 aliphatic heterocycles. The monoisotopic (exact) mass is 526 g/mol. The summed E-state index contributed by atoms with van der Waals surface area (Å²) in [4.78, 5) is 29.4. The lowest BCUT2D eigenvalue weighted by Crippen LogP contribution is -2.20. The molecule has 1 saturated carbocycles. The molecule has 4 heterocycles. The number of rotatable bonds is 5. The van der Waals surface area contributed by atoms with Crippen LogP contribution < -0.4 is 21.9 Å². The van der Waals surface area contributed by atoms with Crippen molar-refractivity contribution in [1.29, 1.82) is 0 Å². The normalized spacial score (nSPS) is 12.4. The highest BCUT2D eigenvalue weighted by Crippen LogP contribution is 2.40. The third-order valence-corrected chi connectivity index (χ3v) is 5.72. The molecule has 0 unspecified atom stereocenters. The Morgan fingerprint density at radius 2 is 1.92 bits per heavy atom. The van der Waals surface area contributed by atoms with Crippen molar-refractivity contribution in [2.24, 2.45) is 5.73 Å². The van der Waals surface area contributed by atoms with Crippen molar-refractivity contribution in [3.8, 4) is 23.2 Å². The summed E-state index contributed by atoms with van der Waals surface area (Å²) in [7, 11) is 3.49. The number of aromatic hydroxyl groups is 3. The molecule has 0 atom stereocenters. The number of nitrogens with zero attached hydrogens (tertiary/aromatic N) is 5. The Kier molecular flexibility index (Phi) is 9.05.